The summed E-state index contributed by atoms with van der Waals surface area (Å²) in [6.45, 7) is 17.4. The van der Waals surface area contributed by atoms with Gasteiger partial charge in [0.1, 0.15) is 0 Å². The molecule has 0 saturated heterocycles. The summed E-state index contributed by atoms with van der Waals surface area (Å²) in [5.74, 6) is 0.138. The summed E-state index contributed by atoms with van der Waals surface area (Å²) in [6, 6.07) is 0. The lowest BCUT2D eigenvalue weighted by molar-refractivity contribution is -0.135. The number of nitrogens with zero attached hydrogens (tertiary/aromatic N) is 1. The predicted octanol–water partition coefficient (Wildman–Crippen LogP) is 4.71. The van der Waals surface area contributed by atoms with Crippen LogP contribution in [0.5, 0.6) is 0 Å². The third kappa shape index (κ3) is 3.53. The molecular formula is C18H31NO. The van der Waals surface area contributed by atoms with E-state index in [1.807, 2.05) is 0 Å². The zero-order valence-corrected chi connectivity index (χ0v) is 14.5. The molecule has 0 N–H and O–H groups in total. The standard InChI is InChI=1S/C18H31NO/c1-9-18(12-14(2)3)11-10-15(20)19(18)17(7,8)13-16(4,5)6/h10-12H,9,13H2,1-8H3. The van der Waals surface area contributed by atoms with E-state index in [1.165, 1.54) is 5.57 Å². The maximum atomic E-state index is 12.5. The van der Waals surface area contributed by atoms with Gasteiger partial charge in [0.15, 0.2) is 0 Å². The first-order chi connectivity index (χ1) is 8.93. The molecule has 1 rings (SSSR count). The van der Waals surface area contributed by atoms with Crippen molar-refractivity contribution in [1.29, 1.82) is 0 Å². The van der Waals surface area contributed by atoms with Gasteiger partial charge >= 0.3 is 0 Å². The van der Waals surface area contributed by atoms with Crippen molar-refractivity contribution in [3.05, 3.63) is 23.8 Å². The lowest BCUT2D eigenvalue weighted by atomic mass is 9.78. The van der Waals surface area contributed by atoms with Crippen molar-refractivity contribution in [2.75, 3.05) is 0 Å². The van der Waals surface area contributed by atoms with Crippen LogP contribution < -0.4 is 0 Å². The Morgan fingerprint density at radius 2 is 1.80 bits per heavy atom. The summed E-state index contributed by atoms with van der Waals surface area (Å²) in [4.78, 5) is 14.6. The Labute approximate surface area is 124 Å². The second-order valence-corrected chi connectivity index (χ2v) is 8.12. The van der Waals surface area contributed by atoms with Gasteiger partial charge in [-0.2, -0.15) is 0 Å². The summed E-state index contributed by atoms with van der Waals surface area (Å²) in [5, 5.41) is 0. The SMILES string of the molecule is CCC1(C=C(C)C)C=CC(=O)N1C(C)(C)CC(C)(C)C. The molecule has 1 unspecified atom stereocenters. The molecule has 0 aliphatic carbocycles. The Morgan fingerprint density at radius 1 is 1.25 bits per heavy atom. The average molecular weight is 277 g/mol. The van der Waals surface area contributed by atoms with Crippen LogP contribution in [0.1, 0.15) is 68.2 Å². The fourth-order valence-electron chi connectivity index (χ4n) is 3.80. The third-order valence-electron chi connectivity index (χ3n) is 3.82. The second-order valence-electron chi connectivity index (χ2n) is 8.12. The second kappa shape index (κ2) is 5.38. The molecule has 0 aromatic rings. The monoisotopic (exact) mass is 277 g/mol. The Balaban J connectivity index is 3.25. The van der Waals surface area contributed by atoms with Crippen molar-refractivity contribution in [3.8, 4) is 0 Å². The Hall–Kier alpha value is -1.05. The van der Waals surface area contributed by atoms with Gasteiger partial charge in [-0.3, -0.25) is 4.79 Å². The molecule has 0 saturated carbocycles. The molecule has 1 heterocycles. The van der Waals surface area contributed by atoms with Crippen LogP contribution >= 0.6 is 0 Å². The van der Waals surface area contributed by atoms with Crippen molar-refractivity contribution < 1.29 is 4.79 Å². The van der Waals surface area contributed by atoms with E-state index in [0.29, 0.717) is 0 Å². The van der Waals surface area contributed by atoms with E-state index in [9.17, 15) is 4.79 Å². The Kier molecular flexibility index (Phi) is 4.58. The first-order valence-electron chi connectivity index (χ1n) is 7.63. The van der Waals surface area contributed by atoms with Crippen LogP contribution in [-0.2, 0) is 4.79 Å². The van der Waals surface area contributed by atoms with Gasteiger partial charge in [-0.15, -0.1) is 0 Å². The minimum atomic E-state index is -0.259. The first kappa shape index (κ1) is 17.0. The number of allylic oxidation sites excluding steroid dienone is 1. The highest BCUT2D eigenvalue weighted by molar-refractivity contribution is 5.92. The number of hydrogen-bond acceptors (Lipinski definition) is 1. The molecule has 2 nitrogen and oxygen atoms in total. The fraction of sp³-hybridized carbons (Fsp3) is 0.722. The van der Waals surface area contributed by atoms with E-state index >= 15 is 0 Å². The highest BCUT2D eigenvalue weighted by atomic mass is 16.2. The van der Waals surface area contributed by atoms with Crippen LogP contribution in [0.4, 0.5) is 0 Å². The van der Waals surface area contributed by atoms with Crippen LogP contribution in [0.25, 0.3) is 0 Å². The predicted molar refractivity (Wildman–Crippen MR) is 86.6 cm³/mol. The molecule has 0 radical (unpaired) electrons. The summed E-state index contributed by atoms with van der Waals surface area (Å²) < 4.78 is 0. The maximum Gasteiger partial charge on any atom is 0.247 e. The summed E-state index contributed by atoms with van der Waals surface area (Å²) in [7, 11) is 0. The van der Waals surface area contributed by atoms with Crippen LogP contribution in [0, 0.1) is 5.41 Å². The fourth-order valence-corrected chi connectivity index (χ4v) is 3.80. The van der Waals surface area contributed by atoms with Crippen LogP contribution in [0.3, 0.4) is 0 Å². The van der Waals surface area contributed by atoms with Crippen molar-refractivity contribution in [3.63, 3.8) is 0 Å². The summed E-state index contributed by atoms with van der Waals surface area (Å²) >= 11 is 0. The van der Waals surface area contributed by atoms with Gasteiger partial charge in [0.25, 0.3) is 0 Å². The minimum Gasteiger partial charge on any atom is -0.321 e. The molecular weight excluding hydrogens is 246 g/mol. The Morgan fingerprint density at radius 3 is 2.20 bits per heavy atom. The van der Waals surface area contributed by atoms with E-state index in [0.717, 1.165) is 12.8 Å². The smallest absolute Gasteiger partial charge is 0.247 e. The number of carbonyl (C=O) groups is 1. The van der Waals surface area contributed by atoms with Crippen molar-refractivity contribution in [2.24, 2.45) is 5.41 Å². The maximum absolute atomic E-state index is 12.5. The van der Waals surface area contributed by atoms with E-state index in [1.54, 1.807) is 6.08 Å². The molecule has 0 bridgehead atoms. The van der Waals surface area contributed by atoms with E-state index in [4.69, 9.17) is 0 Å². The highest BCUT2D eigenvalue weighted by Gasteiger charge is 2.46. The van der Waals surface area contributed by atoms with Gasteiger partial charge < -0.3 is 4.90 Å². The Bertz CT molecular complexity index is 433. The topological polar surface area (TPSA) is 20.3 Å². The van der Waals surface area contributed by atoms with Crippen LogP contribution in [0.15, 0.2) is 23.8 Å². The van der Waals surface area contributed by atoms with Gasteiger partial charge in [-0.1, -0.05) is 39.3 Å². The highest BCUT2D eigenvalue weighted by Crippen LogP contribution is 2.41. The molecule has 1 atom stereocenters. The molecule has 114 valence electrons. The van der Waals surface area contributed by atoms with Crippen LogP contribution in [-0.4, -0.2) is 21.9 Å². The lowest BCUT2D eigenvalue weighted by Crippen LogP contribution is -2.57. The van der Waals surface area contributed by atoms with Gasteiger partial charge in [0.05, 0.1) is 5.54 Å². The quantitative estimate of drug-likeness (QED) is 0.681. The summed E-state index contributed by atoms with van der Waals surface area (Å²) in [5.41, 5.74) is 1.02. The molecule has 0 aromatic heterocycles. The van der Waals surface area contributed by atoms with Gasteiger partial charge in [-0.25, -0.2) is 0 Å². The van der Waals surface area contributed by atoms with E-state index in [-0.39, 0.29) is 22.4 Å². The van der Waals surface area contributed by atoms with Crippen molar-refractivity contribution >= 4 is 5.91 Å². The van der Waals surface area contributed by atoms with E-state index in [2.05, 4.69) is 72.4 Å². The van der Waals surface area contributed by atoms with Gasteiger partial charge in [0.2, 0.25) is 5.91 Å². The number of rotatable bonds is 4. The molecule has 1 aliphatic heterocycles. The van der Waals surface area contributed by atoms with Crippen LogP contribution in [0.2, 0.25) is 0 Å². The zero-order valence-electron chi connectivity index (χ0n) is 14.5. The number of carbonyl (C=O) groups excluding carboxylic acids is 1. The first-order valence-corrected chi connectivity index (χ1v) is 7.63. The molecule has 0 spiro atoms. The lowest BCUT2D eigenvalue weighted by Gasteiger charge is -2.48. The van der Waals surface area contributed by atoms with E-state index < -0.39 is 0 Å². The third-order valence-corrected chi connectivity index (χ3v) is 3.82. The van der Waals surface area contributed by atoms with Crippen molar-refractivity contribution in [2.45, 2.75) is 79.3 Å². The molecule has 0 aromatic carbocycles. The largest absolute Gasteiger partial charge is 0.321 e. The normalized spacial score (nSPS) is 23.4. The number of amides is 1. The zero-order chi connectivity index (χ0) is 15.8. The molecule has 1 aliphatic rings. The molecule has 1 amide bonds. The molecule has 20 heavy (non-hydrogen) atoms. The van der Waals surface area contributed by atoms with Gasteiger partial charge in [-0.05, 0) is 52.0 Å². The van der Waals surface area contributed by atoms with Gasteiger partial charge in [0, 0.05) is 11.6 Å². The number of hydrogen-bond donors (Lipinski definition) is 0. The average Bonchev–Trinajstić information content (AvgIpc) is 2.52. The van der Waals surface area contributed by atoms with Crippen molar-refractivity contribution in [1.82, 2.24) is 4.90 Å². The molecule has 0 fully saturated rings. The summed E-state index contributed by atoms with van der Waals surface area (Å²) in [6.07, 6.45) is 7.94. The molecule has 2 heteroatoms. The minimum absolute atomic E-state index is 0.138.